The van der Waals surface area contributed by atoms with E-state index in [1.807, 2.05) is 11.8 Å². The Bertz CT molecular complexity index is 532. The fourth-order valence-corrected chi connectivity index (χ4v) is 4.82. The summed E-state index contributed by atoms with van der Waals surface area (Å²) in [5.41, 5.74) is 7.25. The summed E-state index contributed by atoms with van der Waals surface area (Å²) < 4.78 is 0. The number of hydrogen-bond acceptors (Lipinski definition) is 3. The van der Waals surface area contributed by atoms with Crippen LogP contribution in [0.1, 0.15) is 37.7 Å². The van der Waals surface area contributed by atoms with Crippen LogP contribution in [0.2, 0.25) is 0 Å². The summed E-state index contributed by atoms with van der Waals surface area (Å²) in [6.07, 6.45) is 5.08. The van der Waals surface area contributed by atoms with Gasteiger partial charge in [0, 0.05) is 35.2 Å². The van der Waals surface area contributed by atoms with Crippen molar-refractivity contribution >= 4 is 30.1 Å². The molecule has 3 rings (SSSR count). The number of rotatable bonds is 3. The predicted octanol–water partition coefficient (Wildman–Crippen LogP) is 3.63. The topological polar surface area (TPSA) is 46.3 Å². The predicted molar refractivity (Wildman–Crippen MR) is 99.2 cm³/mol. The molecule has 1 aliphatic carbocycles. The van der Waals surface area contributed by atoms with Gasteiger partial charge in [-0.05, 0) is 51.2 Å². The third-order valence-electron chi connectivity index (χ3n) is 4.87. The Morgan fingerprint density at radius 2 is 1.96 bits per heavy atom. The van der Waals surface area contributed by atoms with Gasteiger partial charge in [0.1, 0.15) is 0 Å². The Morgan fingerprint density at radius 3 is 2.57 bits per heavy atom. The van der Waals surface area contributed by atoms with Crippen LogP contribution in [0.25, 0.3) is 0 Å². The number of aryl methyl sites for hydroxylation is 1. The van der Waals surface area contributed by atoms with E-state index >= 15 is 0 Å². The second-order valence-electron chi connectivity index (χ2n) is 6.73. The highest BCUT2D eigenvalue weighted by atomic mass is 35.5. The molecule has 0 aromatic heterocycles. The van der Waals surface area contributed by atoms with Crippen LogP contribution in [-0.2, 0) is 4.79 Å². The maximum Gasteiger partial charge on any atom is 0.225 e. The lowest BCUT2D eigenvalue weighted by molar-refractivity contribution is -0.136. The average molecular weight is 355 g/mol. The Morgan fingerprint density at radius 1 is 1.22 bits per heavy atom. The molecule has 2 N–H and O–H groups in total. The summed E-state index contributed by atoms with van der Waals surface area (Å²) in [5, 5.41) is 0.636. The van der Waals surface area contributed by atoms with Crippen molar-refractivity contribution < 1.29 is 4.79 Å². The lowest BCUT2D eigenvalue weighted by Gasteiger charge is -2.33. The summed E-state index contributed by atoms with van der Waals surface area (Å²) in [4.78, 5) is 16.0. The molecule has 1 saturated heterocycles. The number of thioether (sulfide) groups is 1. The molecule has 0 bridgehead atoms. The smallest absolute Gasteiger partial charge is 0.225 e. The number of halogens is 1. The number of carbonyl (C=O) groups excluding carboxylic acids is 1. The van der Waals surface area contributed by atoms with E-state index in [1.54, 1.807) is 0 Å². The zero-order chi connectivity index (χ0) is 15.5. The van der Waals surface area contributed by atoms with Gasteiger partial charge in [-0.3, -0.25) is 4.79 Å². The largest absolute Gasteiger partial charge is 0.342 e. The third-order valence-corrected chi connectivity index (χ3v) is 6.20. The van der Waals surface area contributed by atoms with E-state index in [9.17, 15) is 4.79 Å². The first-order valence-electron chi connectivity index (χ1n) is 8.39. The van der Waals surface area contributed by atoms with E-state index < -0.39 is 0 Å². The zero-order valence-electron chi connectivity index (χ0n) is 13.7. The van der Waals surface area contributed by atoms with Gasteiger partial charge in [0.25, 0.3) is 0 Å². The van der Waals surface area contributed by atoms with E-state index in [2.05, 4.69) is 36.1 Å². The Hall–Kier alpha value is -0.710. The van der Waals surface area contributed by atoms with Crippen LogP contribution >= 0.6 is 24.2 Å². The Kier molecular flexibility index (Phi) is 6.81. The summed E-state index contributed by atoms with van der Waals surface area (Å²) in [6.45, 7) is 3.96. The van der Waals surface area contributed by atoms with Crippen molar-refractivity contribution in [2.24, 2.45) is 11.7 Å². The fourth-order valence-electron chi connectivity index (χ4n) is 3.57. The SMILES string of the molecule is Cc1cccc(SC2CCN(C(=O)[C@H]3CC[C@@H](N)C3)CC2)c1.Cl. The summed E-state index contributed by atoms with van der Waals surface area (Å²) in [7, 11) is 0. The lowest BCUT2D eigenvalue weighted by Crippen LogP contribution is -2.42. The second-order valence-corrected chi connectivity index (χ2v) is 8.10. The maximum absolute atomic E-state index is 12.5. The normalized spacial score (nSPS) is 25.2. The van der Waals surface area contributed by atoms with Gasteiger partial charge >= 0.3 is 0 Å². The minimum absolute atomic E-state index is 0. The van der Waals surface area contributed by atoms with Crippen molar-refractivity contribution in [2.75, 3.05) is 13.1 Å². The average Bonchev–Trinajstić information content (AvgIpc) is 2.94. The molecule has 0 unspecified atom stereocenters. The summed E-state index contributed by atoms with van der Waals surface area (Å²) in [5.74, 6) is 0.544. The molecule has 1 aliphatic heterocycles. The molecule has 3 nitrogen and oxygen atoms in total. The fraction of sp³-hybridized carbons (Fsp3) is 0.611. The van der Waals surface area contributed by atoms with E-state index in [0.717, 1.165) is 45.2 Å². The number of amides is 1. The number of benzene rings is 1. The first kappa shape index (κ1) is 18.6. The molecule has 1 aromatic carbocycles. The van der Waals surface area contributed by atoms with Crippen LogP contribution in [0.4, 0.5) is 0 Å². The molecular formula is C18H27ClN2OS. The summed E-state index contributed by atoms with van der Waals surface area (Å²) >= 11 is 1.97. The van der Waals surface area contributed by atoms with E-state index in [-0.39, 0.29) is 24.4 Å². The molecule has 128 valence electrons. The van der Waals surface area contributed by atoms with E-state index in [1.165, 1.54) is 10.5 Å². The molecule has 2 aliphatic rings. The standard InChI is InChI=1S/C18H26N2OS.ClH/c1-13-3-2-4-17(11-13)22-16-7-9-20(10-8-16)18(21)14-5-6-15(19)12-14;/h2-4,11,14-16H,5-10,12,19H2,1H3;1H/t14-,15+;/m0./s1. The van der Waals surface area contributed by atoms with Gasteiger partial charge in [-0.25, -0.2) is 0 Å². The molecule has 2 fully saturated rings. The molecule has 23 heavy (non-hydrogen) atoms. The lowest BCUT2D eigenvalue weighted by atomic mass is 10.0. The molecular weight excluding hydrogens is 328 g/mol. The van der Waals surface area contributed by atoms with Gasteiger partial charge < -0.3 is 10.6 Å². The van der Waals surface area contributed by atoms with Gasteiger partial charge in [0.05, 0.1) is 0 Å². The van der Waals surface area contributed by atoms with Gasteiger partial charge in [0.2, 0.25) is 5.91 Å². The van der Waals surface area contributed by atoms with Crippen LogP contribution in [0.3, 0.4) is 0 Å². The number of nitrogens with two attached hydrogens (primary N) is 1. The van der Waals surface area contributed by atoms with Crippen molar-refractivity contribution in [1.82, 2.24) is 4.90 Å². The van der Waals surface area contributed by atoms with Gasteiger partial charge in [-0.1, -0.05) is 17.7 Å². The van der Waals surface area contributed by atoms with Crippen LogP contribution in [0.5, 0.6) is 0 Å². The number of likely N-dealkylation sites (tertiary alicyclic amines) is 1. The number of hydrogen-bond donors (Lipinski definition) is 1. The Labute approximate surface area is 149 Å². The van der Waals surface area contributed by atoms with Crippen LogP contribution in [0, 0.1) is 12.8 Å². The van der Waals surface area contributed by atoms with Crippen molar-refractivity contribution in [3.63, 3.8) is 0 Å². The summed E-state index contributed by atoms with van der Waals surface area (Å²) in [6, 6.07) is 8.94. The Balaban J connectivity index is 0.00000192. The van der Waals surface area contributed by atoms with Crippen molar-refractivity contribution in [1.29, 1.82) is 0 Å². The molecule has 0 radical (unpaired) electrons. The molecule has 1 saturated carbocycles. The molecule has 1 heterocycles. The van der Waals surface area contributed by atoms with E-state index in [0.29, 0.717) is 11.2 Å². The third kappa shape index (κ3) is 4.88. The monoisotopic (exact) mass is 354 g/mol. The van der Waals surface area contributed by atoms with Crippen LogP contribution < -0.4 is 5.73 Å². The molecule has 1 amide bonds. The minimum atomic E-state index is 0. The first-order chi connectivity index (χ1) is 10.6. The quantitative estimate of drug-likeness (QED) is 0.901. The van der Waals surface area contributed by atoms with Crippen LogP contribution in [0.15, 0.2) is 29.2 Å². The highest BCUT2D eigenvalue weighted by Gasteiger charge is 2.32. The van der Waals surface area contributed by atoms with Gasteiger partial charge in [0.15, 0.2) is 0 Å². The molecule has 5 heteroatoms. The minimum Gasteiger partial charge on any atom is -0.342 e. The van der Waals surface area contributed by atoms with Gasteiger partial charge in [-0.15, -0.1) is 24.2 Å². The highest BCUT2D eigenvalue weighted by molar-refractivity contribution is 8.00. The van der Waals surface area contributed by atoms with E-state index in [4.69, 9.17) is 5.73 Å². The first-order valence-corrected chi connectivity index (χ1v) is 9.27. The molecule has 2 atom stereocenters. The van der Waals surface area contributed by atoms with Crippen LogP contribution in [-0.4, -0.2) is 35.2 Å². The van der Waals surface area contributed by atoms with Crippen molar-refractivity contribution in [3.05, 3.63) is 29.8 Å². The number of carbonyl (C=O) groups is 1. The van der Waals surface area contributed by atoms with Crippen molar-refractivity contribution in [3.8, 4) is 0 Å². The highest BCUT2D eigenvalue weighted by Crippen LogP contribution is 2.32. The van der Waals surface area contributed by atoms with Gasteiger partial charge in [-0.2, -0.15) is 0 Å². The number of piperidine rings is 1. The maximum atomic E-state index is 12.5. The second kappa shape index (κ2) is 8.41. The molecule has 1 aromatic rings. The zero-order valence-corrected chi connectivity index (χ0v) is 15.4. The molecule has 0 spiro atoms. The van der Waals surface area contributed by atoms with Crippen molar-refractivity contribution in [2.45, 2.75) is 55.2 Å². The number of nitrogens with zero attached hydrogens (tertiary/aromatic N) is 1.